The van der Waals surface area contributed by atoms with Gasteiger partial charge in [0, 0.05) is 11.5 Å². The molecule has 0 atom stereocenters. The SMILES string of the molecule is O=S(=O)(NOc1ncns1)c1ccccc1. The molecule has 0 bridgehead atoms. The maximum Gasteiger partial charge on any atom is 0.314 e. The minimum Gasteiger partial charge on any atom is -0.360 e. The summed E-state index contributed by atoms with van der Waals surface area (Å²) >= 11 is 0.949. The molecule has 0 amide bonds. The number of aromatic nitrogens is 2. The van der Waals surface area contributed by atoms with E-state index in [1.165, 1.54) is 18.5 Å². The summed E-state index contributed by atoms with van der Waals surface area (Å²) in [6, 6.07) is 7.90. The van der Waals surface area contributed by atoms with Crippen LogP contribution in [0, 0.1) is 0 Å². The van der Waals surface area contributed by atoms with Gasteiger partial charge in [-0.25, -0.2) is 8.42 Å². The molecule has 0 fully saturated rings. The number of hydrogen-bond acceptors (Lipinski definition) is 6. The first-order valence-corrected chi connectivity index (χ1v) is 6.44. The Morgan fingerprint density at radius 2 is 2.00 bits per heavy atom. The molecule has 2 aromatic rings. The van der Waals surface area contributed by atoms with Gasteiger partial charge in [0.15, 0.2) is 0 Å². The van der Waals surface area contributed by atoms with Gasteiger partial charge in [-0.3, -0.25) is 0 Å². The molecule has 8 heteroatoms. The van der Waals surface area contributed by atoms with Crippen LogP contribution in [0.3, 0.4) is 0 Å². The van der Waals surface area contributed by atoms with Gasteiger partial charge in [-0.15, -0.1) is 0 Å². The lowest BCUT2D eigenvalue weighted by molar-refractivity contribution is 0.267. The van der Waals surface area contributed by atoms with Gasteiger partial charge in [-0.05, 0) is 17.0 Å². The summed E-state index contributed by atoms with van der Waals surface area (Å²) in [5.74, 6) is 0. The minimum atomic E-state index is -3.67. The second kappa shape index (κ2) is 4.56. The highest BCUT2D eigenvalue weighted by molar-refractivity contribution is 7.89. The first kappa shape index (κ1) is 11.0. The molecule has 0 saturated heterocycles. The third kappa shape index (κ3) is 2.54. The van der Waals surface area contributed by atoms with E-state index in [2.05, 4.69) is 9.36 Å². The number of hydrogen-bond donors (Lipinski definition) is 1. The number of sulfonamides is 1. The highest BCUT2D eigenvalue weighted by Gasteiger charge is 2.14. The Kier molecular flexibility index (Phi) is 3.13. The molecule has 1 N–H and O–H groups in total. The first-order valence-electron chi connectivity index (χ1n) is 4.19. The summed E-state index contributed by atoms with van der Waals surface area (Å²) in [5.41, 5.74) is 0. The lowest BCUT2D eigenvalue weighted by atomic mass is 10.4. The lowest BCUT2D eigenvalue weighted by Gasteiger charge is -2.04. The Morgan fingerprint density at radius 1 is 1.25 bits per heavy atom. The number of nitrogens with one attached hydrogen (secondary N) is 1. The summed E-state index contributed by atoms with van der Waals surface area (Å²) in [7, 11) is -3.67. The molecule has 0 saturated carbocycles. The molecule has 1 aromatic heterocycles. The molecule has 0 spiro atoms. The topological polar surface area (TPSA) is 81.2 Å². The van der Waals surface area contributed by atoms with Crippen LogP contribution >= 0.6 is 11.5 Å². The molecule has 0 aliphatic rings. The van der Waals surface area contributed by atoms with Crippen molar-refractivity contribution in [3.8, 4) is 5.19 Å². The van der Waals surface area contributed by atoms with Crippen molar-refractivity contribution in [1.82, 2.24) is 14.2 Å². The Morgan fingerprint density at radius 3 is 2.62 bits per heavy atom. The summed E-state index contributed by atoms with van der Waals surface area (Å²) in [6.07, 6.45) is 1.27. The minimum absolute atomic E-state index is 0.125. The molecule has 16 heavy (non-hydrogen) atoms. The van der Waals surface area contributed by atoms with E-state index >= 15 is 0 Å². The molecular formula is C8H7N3O3S2. The van der Waals surface area contributed by atoms with E-state index in [1.807, 2.05) is 4.89 Å². The van der Waals surface area contributed by atoms with E-state index in [0.717, 1.165) is 11.5 Å². The predicted octanol–water partition coefficient (Wildman–Crippen LogP) is 0.810. The van der Waals surface area contributed by atoms with Gasteiger partial charge in [-0.2, -0.15) is 9.36 Å². The monoisotopic (exact) mass is 257 g/mol. The van der Waals surface area contributed by atoms with Crippen LogP contribution in [0.1, 0.15) is 0 Å². The molecule has 0 aliphatic heterocycles. The zero-order chi connectivity index (χ0) is 11.4. The van der Waals surface area contributed by atoms with Gasteiger partial charge in [0.05, 0.1) is 4.90 Å². The maximum absolute atomic E-state index is 11.6. The van der Waals surface area contributed by atoms with Gasteiger partial charge >= 0.3 is 5.19 Å². The van der Waals surface area contributed by atoms with Crippen LogP contribution in [0.4, 0.5) is 0 Å². The largest absolute Gasteiger partial charge is 0.360 e. The van der Waals surface area contributed by atoms with Crippen molar-refractivity contribution in [2.75, 3.05) is 0 Å². The molecule has 2 rings (SSSR count). The highest BCUT2D eigenvalue weighted by atomic mass is 32.2. The van der Waals surface area contributed by atoms with E-state index in [4.69, 9.17) is 4.84 Å². The Bertz CT molecular complexity index is 539. The van der Waals surface area contributed by atoms with E-state index in [9.17, 15) is 8.42 Å². The molecular weight excluding hydrogens is 250 g/mol. The van der Waals surface area contributed by atoms with Gasteiger partial charge in [0.2, 0.25) is 0 Å². The fraction of sp³-hybridized carbons (Fsp3) is 0. The number of benzene rings is 1. The second-order valence-electron chi connectivity index (χ2n) is 2.71. The second-order valence-corrected chi connectivity index (χ2v) is 5.10. The zero-order valence-electron chi connectivity index (χ0n) is 7.90. The van der Waals surface area contributed by atoms with Crippen molar-refractivity contribution >= 4 is 21.6 Å². The average Bonchev–Trinajstić information content (AvgIpc) is 2.81. The van der Waals surface area contributed by atoms with Crippen molar-refractivity contribution in [3.05, 3.63) is 36.7 Å². The molecule has 0 unspecified atom stereocenters. The standard InChI is InChI=1S/C8H7N3O3S2/c12-16(13,7-4-2-1-3-5-7)11-14-8-9-6-10-15-8/h1-6,11H. The van der Waals surface area contributed by atoms with Gasteiger partial charge in [0.1, 0.15) is 6.33 Å². The average molecular weight is 257 g/mol. The van der Waals surface area contributed by atoms with Crippen LogP contribution in [-0.2, 0) is 10.0 Å². The fourth-order valence-electron chi connectivity index (χ4n) is 0.946. The van der Waals surface area contributed by atoms with E-state index < -0.39 is 10.0 Å². The van der Waals surface area contributed by atoms with Gasteiger partial charge < -0.3 is 4.84 Å². The van der Waals surface area contributed by atoms with Crippen LogP contribution in [0.2, 0.25) is 0 Å². The summed E-state index contributed by atoms with van der Waals surface area (Å²) < 4.78 is 27.0. The maximum atomic E-state index is 11.6. The van der Waals surface area contributed by atoms with Crippen LogP contribution in [0.25, 0.3) is 0 Å². The van der Waals surface area contributed by atoms with Crippen LogP contribution in [0.5, 0.6) is 5.19 Å². The van der Waals surface area contributed by atoms with Crippen molar-refractivity contribution in [3.63, 3.8) is 0 Å². The predicted molar refractivity (Wildman–Crippen MR) is 57.3 cm³/mol. The van der Waals surface area contributed by atoms with Crippen molar-refractivity contribution in [2.45, 2.75) is 4.90 Å². The van der Waals surface area contributed by atoms with E-state index in [-0.39, 0.29) is 10.1 Å². The quantitative estimate of drug-likeness (QED) is 0.820. The smallest absolute Gasteiger partial charge is 0.314 e. The van der Waals surface area contributed by atoms with Crippen molar-refractivity contribution < 1.29 is 13.3 Å². The molecule has 0 radical (unpaired) electrons. The van der Waals surface area contributed by atoms with Gasteiger partial charge in [0.25, 0.3) is 10.0 Å². The first-order chi connectivity index (χ1) is 7.68. The van der Waals surface area contributed by atoms with Crippen LogP contribution in [0.15, 0.2) is 41.6 Å². The van der Waals surface area contributed by atoms with Crippen LogP contribution < -0.4 is 9.72 Å². The number of rotatable bonds is 4. The zero-order valence-corrected chi connectivity index (χ0v) is 9.53. The molecule has 0 aliphatic carbocycles. The third-order valence-electron chi connectivity index (χ3n) is 1.63. The Balaban J connectivity index is 2.10. The lowest BCUT2D eigenvalue weighted by Crippen LogP contribution is -2.27. The van der Waals surface area contributed by atoms with Gasteiger partial charge in [-0.1, -0.05) is 18.2 Å². The summed E-state index contributed by atoms with van der Waals surface area (Å²) in [4.78, 5) is 10.5. The number of nitrogens with zero attached hydrogens (tertiary/aromatic N) is 2. The van der Waals surface area contributed by atoms with E-state index in [1.54, 1.807) is 18.2 Å². The summed E-state index contributed by atoms with van der Waals surface area (Å²) in [5, 5.41) is 0.138. The Labute approximate surface area is 96.1 Å². The normalized spacial score (nSPS) is 11.2. The van der Waals surface area contributed by atoms with Crippen molar-refractivity contribution in [2.24, 2.45) is 0 Å². The third-order valence-corrected chi connectivity index (χ3v) is 3.37. The molecule has 1 aromatic carbocycles. The van der Waals surface area contributed by atoms with E-state index in [0.29, 0.717) is 0 Å². The Hall–Kier alpha value is -1.51. The van der Waals surface area contributed by atoms with Crippen molar-refractivity contribution in [1.29, 1.82) is 0 Å². The fourth-order valence-corrected chi connectivity index (χ4v) is 2.16. The molecule has 1 heterocycles. The summed E-state index contributed by atoms with van der Waals surface area (Å²) in [6.45, 7) is 0. The molecule has 84 valence electrons. The molecule has 6 nitrogen and oxygen atoms in total. The highest BCUT2D eigenvalue weighted by Crippen LogP contribution is 2.11. The van der Waals surface area contributed by atoms with Crippen LogP contribution in [-0.4, -0.2) is 17.8 Å².